The number of hydrogen-bond donors (Lipinski definition) is 0. The van der Waals surface area contributed by atoms with Crippen LogP contribution in [-0.4, -0.2) is 77.0 Å². The van der Waals surface area contributed by atoms with Crippen LogP contribution in [0.4, 0.5) is 14.5 Å². The van der Waals surface area contributed by atoms with E-state index < -0.39 is 28.7 Å². The second-order valence-corrected chi connectivity index (χ2v) is 15.2. The summed E-state index contributed by atoms with van der Waals surface area (Å²) in [4.78, 5) is 20.2. The standard InChI is InChI=1S/C35H41Cl2F2N3O7S/c1-46-30-11-10-25(17-29(30)42(50(2,44)45)16-6-15-41-13-4-3-5-14-41)34(43)48-32(19-26-27(36)20-40-21-28(26)37)24-9-12-31(49-35(38)39)33(18-24)47-22-23-7-8-23/h9-12,17-18,20-21,23,32,35H,3-8,13-16,19,22H2,1-2H3/t32-/m0/s1. The van der Waals surface area contributed by atoms with Crippen LogP contribution in [0, 0.1) is 5.92 Å². The third-order valence-corrected chi connectivity index (χ3v) is 10.5. The molecule has 1 saturated carbocycles. The molecule has 0 amide bonds. The Morgan fingerprint density at radius 3 is 2.36 bits per heavy atom. The highest BCUT2D eigenvalue weighted by atomic mass is 35.5. The first-order valence-corrected chi connectivity index (χ1v) is 19.1. The summed E-state index contributed by atoms with van der Waals surface area (Å²) in [6, 6.07) is 8.74. The molecule has 1 aromatic heterocycles. The zero-order valence-electron chi connectivity index (χ0n) is 28.0. The largest absolute Gasteiger partial charge is 0.495 e. The fourth-order valence-electron chi connectivity index (χ4n) is 5.86. The number of esters is 1. The number of rotatable bonds is 17. The summed E-state index contributed by atoms with van der Waals surface area (Å²) >= 11 is 12.9. The third kappa shape index (κ3) is 10.3. The van der Waals surface area contributed by atoms with Gasteiger partial charge in [0, 0.05) is 25.4 Å². The molecule has 1 aliphatic heterocycles. The summed E-state index contributed by atoms with van der Waals surface area (Å²) < 4.78 is 76.0. The Hall–Kier alpha value is -3.39. The number of halogens is 4. The number of ether oxygens (including phenoxy) is 4. The minimum Gasteiger partial charge on any atom is -0.495 e. The maximum atomic E-state index is 13.9. The summed E-state index contributed by atoms with van der Waals surface area (Å²) in [6.45, 7) is 0.132. The molecule has 1 atom stereocenters. The molecule has 0 bridgehead atoms. The molecule has 2 aliphatic rings. The van der Waals surface area contributed by atoms with E-state index in [4.69, 9.17) is 42.1 Å². The van der Waals surface area contributed by atoms with Gasteiger partial charge in [0.1, 0.15) is 11.9 Å². The van der Waals surface area contributed by atoms with E-state index in [1.807, 2.05) is 0 Å². The third-order valence-electron chi connectivity index (χ3n) is 8.69. The predicted molar refractivity (Wildman–Crippen MR) is 188 cm³/mol. The molecule has 0 unspecified atom stereocenters. The lowest BCUT2D eigenvalue weighted by Gasteiger charge is -2.29. The van der Waals surface area contributed by atoms with Crippen molar-refractivity contribution in [3.8, 4) is 17.2 Å². The van der Waals surface area contributed by atoms with Gasteiger partial charge in [-0.25, -0.2) is 13.2 Å². The fourth-order valence-corrected chi connectivity index (χ4v) is 7.34. The first-order chi connectivity index (χ1) is 23.9. The average molecular weight is 757 g/mol. The number of piperidine rings is 1. The van der Waals surface area contributed by atoms with Crippen LogP contribution < -0.4 is 18.5 Å². The topological polar surface area (TPSA) is 108 Å². The molecule has 2 aromatic carbocycles. The van der Waals surface area contributed by atoms with Crippen molar-refractivity contribution in [3.63, 3.8) is 0 Å². The zero-order valence-corrected chi connectivity index (χ0v) is 30.3. The van der Waals surface area contributed by atoms with Gasteiger partial charge in [0.15, 0.2) is 11.5 Å². The number of alkyl halides is 2. The Morgan fingerprint density at radius 1 is 1.02 bits per heavy atom. The van der Waals surface area contributed by atoms with Crippen LogP contribution in [0.15, 0.2) is 48.8 Å². The highest BCUT2D eigenvalue weighted by Gasteiger charge is 2.28. The zero-order chi connectivity index (χ0) is 35.8. The maximum absolute atomic E-state index is 13.9. The van der Waals surface area contributed by atoms with Crippen molar-refractivity contribution < 1.29 is 40.9 Å². The Bertz CT molecular complexity index is 1720. The van der Waals surface area contributed by atoms with Crippen molar-refractivity contribution in [2.24, 2.45) is 5.92 Å². The van der Waals surface area contributed by atoms with Crippen LogP contribution in [0.3, 0.4) is 0 Å². The lowest BCUT2D eigenvalue weighted by molar-refractivity contribution is -0.0515. The first kappa shape index (κ1) is 37.9. The van der Waals surface area contributed by atoms with E-state index in [1.54, 1.807) is 0 Å². The second kappa shape index (κ2) is 17.2. The van der Waals surface area contributed by atoms with Gasteiger partial charge in [-0.05, 0) is 99.1 Å². The van der Waals surface area contributed by atoms with Gasteiger partial charge in [0.05, 0.1) is 41.3 Å². The molecule has 50 heavy (non-hydrogen) atoms. The Kier molecular flexibility index (Phi) is 13.0. The van der Waals surface area contributed by atoms with Gasteiger partial charge in [-0.3, -0.25) is 9.29 Å². The van der Waals surface area contributed by atoms with Crippen molar-refractivity contribution in [2.75, 3.05) is 50.5 Å². The molecule has 2 fully saturated rings. The predicted octanol–water partition coefficient (Wildman–Crippen LogP) is 7.57. The fraction of sp³-hybridized carbons (Fsp3) is 0.486. The number of pyridine rings is 1. The molecule has 1 saturated heterocycles. The lowest BCUT2D eigenvalue weighted by atomic mass is 10.0. The maximum Gasteiger partial charge on any atom is 0.387 e. The molecule has 5 rings (SSSR count). The molecule has 0 spiro atoms. The normalized spacial score (nSPS) is 15.8. The Labute approximate surface area is 301 Å². The van der Waals surface area contributed by atoms with Gasteiger partial charge in [-0.2, -0.15) is 8.78 Å². The van der Waals surface area contributed by atoms with Gasteiger partial charge < -0.3 is 23.8 Å². The van der Waals surface area contributed by atoms with Gasteiger partial charge in [-0.1, -0.05) is 35.7 Å². The van der Waals surface area contributed by atoms with Gasteiger partial charge in [0.2, 0.25) is 10.0 Å². The van der Waals surface area contributed by atoms with E-state index >= 15 is 0 Å². The Morgan fingerprint density at radius 2 is 1.72 bits per heavy atom. The minimum absolute atomic E-state index is 0.00197. The van der Waals surface area contributed by atoms with Gasteiger partial charge >= 0.3 is 12.6 Å². The van der Waals surface area contributed by atoms with E-state index in [0.717, 1.165) is 51.6 Å². The summed E-state index contributed by atoms with van der Waals surface area (Å²) in [6.07, 6.45) is 8.86. The number of hydrogen-bond acceptors (Lipinski definition) is 9. The lowest BCUT2D eigenvalue weighted by Crippen LogP contribution is -2.35. The van der Waals surface area contributed by atoms with Gasteiger partial charge in [0.25, 0.3) is 0 Å². The molecule has 3 aromatic rings. The van der Waals surface area contributed by atoms with Crippen molar-refractivity contribution in [1.29, 1.82) is 0 Å². The molecule has 0 radical (unpaired) electrons. The summed E-state index contributed by atoms with van der Waals surface area (Å²) in [5, 5.41) is 0.475. The number of aromatic nitrogens is 1. The summed E-state index contributed by atoms with van der Waals surface area (Å²) in [7, 11) is -2.34. The summed E-state index contributed by atoms with van der Waals surface area (Å²) in [5.41, 5.74) is 1.11. The van der Waals surface area contributed by atoms with Crippen LogP contribution in [0.1, 0.15) is 66.1 Å². The number of carbonyl (C=O) groups is 1. The number of nitrogens with zero attached hydrogens (tertiary/aromatic N) is 3. The van der Waals surface area contributed by atoms with Crippen molar-refractivity contribution in [2.45, 2.75) is 57.7 Å². The SMILES string of the molecule is COc1ccc(C(=O)O[C@@H](Cc2c(Cl)cncc2Cl)c2ccc(OC(F)F)c(OCC3CC3)c2)cc1N(CCCN1CCCCC1)S(C)(=O)=O. The molecular formula is C35H41Cl2F2N3O7S. The van der Waals surface area contributed by atoms with E-state index in [0.29, 0.717) is 30.1 Å². The number of benzene rings is 2. The van der Waals surface area contributed by atoms with Gasteiger partial charge in [-0.15, -0.1) is 0 Å². The number of likely N-dealkylation sites (tertiary alicyclic amines) is 1. The summed E-state index contributed by atoms with van der Waals surface area (Å²) in [5.74, 6) is -0.279. The van der Waals surface area contributed by atoms with Crippen molar-refractivity contribution >= 4 is 44.9 Å². The number of anilines is 1. The molecule has 2 heterocycles. The monoisotopic (exact) mass is 755 g/mol. The van der Waals surface area contributed by atoms with Crippen LogP contribution in [0.5, 0.6) is 17.2 Å². The highest BCUT2D eigenvalue weighted by Crippen LogP contribution is 2.39. The van der Waals surface area contributed by atoms with Crippen LogP contribution in [0.2, 0.25) is 10.0 Å². The van der Waals surface area contributed by atoms with E-state index in [2.05, 4.69) is 9.88 Å². The smallest absolute Gasteiger partial charge is 0.387 e. The number of carbonyl (C=O) groups excluding carboxylic acids is 1. The average Bonchev–Trinajstić information content (AvgIpc) is 3.91. The second-order valence-electron chi connectivity index (χ2n) is 12.5. The van der Waals surface area contributed by atoms with Crippen LogP contribution in [-0.2, 0) is 21.2 Å². The minimum atomic E-state index is -3.77. The molecule has 0 N–H and O–H groups in total. The van der Waals surface area contributed by atoms with Crippen LogP contribution >= 0.6 is 23.2 Å². The molecule has 10 nitrogen and oxygen atoms in total. The number of methoxy groups -OCH3 is 1. The first-order valence-electron chi connectivity index (χ1n) is 16.5. The van der Waals surface area contributed by atoms with Crippen molar-refractivity contribution in [1.82, 2.24) is 9.88 Å². The van der Waals surface area contributed by atoms with Crippen LogP contribution in [0.25, 0.3) is 0 Å². The highest BCUT2D eigenvalue weighted by molar-refractivity contribution is 7.92. The van der Waals surface area contributed by atoms with E-state index in [1.165, 1.54) is 66.6 Å². The quantitative estimate of drug-likeness (QED) is 0.129. The number of sulfonamides is 1. The molecule has 272 valence electrons. The van der Waals surface area contributed by atoms with E-state index in [9.17, 15) is 22.0 Å². The molecule has 1 aliphatic carbocycles. The molecule has 15 heteroatoms. The van der Waals surface area contributed by atoms with E-state index in [-0.39, 0.29) is 51.5 Å². The Balaban J connectivity index is 1.45. The van der Waals surface area contributed by atoms with Crippen molar-refractivity contribution in [3.05, 3.63) is 75.5 Å². The molecular weight excluding hydrogens is 715 g/mol.